The summed E-state index contributed by atoms with van der Waals surface area (Å²) in [4.78, 5) is 13.0. The van der Waals surface area contributed by atoms with Gasteiger partial charge in [-0.2, -0.15) is 0 Å². The summed E-state index contributed by atoms with van der Waals surface area (Å²) in [6.07, 6.45) is 0. The molecule has 3 rings (SSSR count). The van der Waals surface area contributed by atoms with Crippen molar-refractivity contribution in [2.24, 2.45) is 0 Å². The summed E-state index contributed by atoms with van der Waals surface area (Å²) in [6, 6.07) is 20.7. The fraction of sp³-hybridized carbons (Fsp3) is 0.381. The number of hydrogen-bond acceptors (Lipinski definition) is 3. The average Bonchev–Trinajstić information content (AvgIpc) is 3.39. The molecule has 0 aromatic heterocycles. The van der Waals surface area contributed by atoms with E-state index in [1.54, 1.807) is 0 Å². The molecule has 0 bridgehead atoms. The number of carboxylic acids is 1. The molecule has 1 fully saturated rings. The van der Waals surface area contributed by atoms with Gasteiger partial charge < -0.3 is 9.53 Å². The first kappa shape index (κ1) is 18.8. The second-order valence-electron chi connectivity index (χ2n) is 7.86. The van der Waals surface area contributed by atoms with Crippen molar-refractivity contribution in [3.8, 4) is 0 Å². The smallest absolute Gasteiger partial charge is 0.322 e. The standard InChI is InChI=1S/C21H27NO3Si/c1-21(2,3)26(17-10-6-4-7-11-17,18-12-8-5-9-13-18)25-15-14-22-16-19(22)20(23)24/h4-13,19H,14-16H2,1-3H3,(H,23,24). The molecule has 2 atom stereocenters. The van der Waals surface area contributed by atoms with E-state index in [9.17, 15) is 4.79 Å². The van der Waals surface area contributed by atoms with E-state index in [1.807, 2.05) is 17.0 Å². The minimum absolute atomic E-state index is 0.0548. The van der Waals surface area contributed by atoms with E-state index in [2.05, 4.69) is 69.3 Å². The molecular formula is C21H27NO3Si. The van der Waals surface area contributed by atoms with E-state index in [1.165, 1.54) is 10.4 Å². The Balaban J connectivity index is 1.92. The van der Waals surface area contributed by atoms with Gasteiger partial charge in [0.2, 0.25) is 0 Å². The van der Waals surface area contributed by atoms with Crippen LogP contribution in [-0.4, -0.2) is 50.0 Å². The van der Waals surface area contributed by atoms with Gasteiger partial charge in [-0.3, -0.25) is 9.69 Å². The van der Waals surface area contributed by atoms with Gasteiger partial charge in [0.05, 0.1) is 0 Å². The molecular weight excluding hydrogens is 342 g/mol. The number of nitrogens with zero attached hydrogens (tertiary/aromatic N) is 1. The monoisotopic (exact) mass is 369 g/mol. The van der Waals surface area contributed by atoms with Gasteiger partial charge in [0.15, 0.2) is 0 Å². The molecule has 0 spiro atoms. The van der Waals surface area contributed by atoms with Crippen LogP contribution in [0.2, 0.25) is 5.04 Å². The molecule has 138 valence electrons. The summed E-state index contributed by atoms with van der Waals surface area (Å²) in [5.41, 5.74) is 0. The predicted octanol–water partition coefficient (Wildman–Crippen LogP) is 2.33. The highest BCUT2D eigenvalue weighted by Gasteiger charge is 2.50. The van der Waals surface area contributed by atoms with Crippen molar-refractivity contribution in [2.75, 3.05) is 19.7 Å². The van der Waals surface area contributed by atoms with Gasteiger partial charge in [-0.25, -0.2) is 0 Å². The largest absolute Gasteiger partial charge is 0.480 e. The Bertz CT molecular complexity index is 703. The molecule has 2 aromatic rings. The second-order valence-corrected chi connectivity index (χ2v) is 12.2. The second kappa shape index (κ2) is 7.35. The Morgan fingerprint density at radius 2 is 1.58 bits per heavy atom. The normalized spacial score (nSPS) is 20.0. The van der Waals surface area contributed by atoms with Crippen molar-refractivity contribution in [3.63, 3.8) is 0 Å². The van der Waals surface area contributed by atoms with Gasteiger partial charge >= 0.3 is 5.97 Å². The molecule has 2 unspecified atom stereocenters. The summed E-state index contributed by atoms with van der Waals surface area (Å²) in [5, 5.41) is 11.5. The Labute approximate surface area is 156 Å². The van der Waals surface area contributed by atoms with Crippen molar-refractivity contribution in [1.82, 2.24) is 4.90 Å². The van der Waals surface area contributed by atoms with Crippen molar-refractivity contribution in [1.29, 1.82) is 0 Å². The van der Waals surface area contributed by atoms with E-state index in [4.69, 9.17) is 9.53 Å². The van der Waals surface area contributed by atoms with Crippen molar-refractivity contribution >= 4 is 24.7 Å². The third-order valence-electron chi connectivity index (χ3n) is 5.11. The van der Waals surface area contributed by atoms with Crippen LogP contribution in [0.5, 0.6) is 0 Å². The molecule has 1 heterocycles. The summed E-state index contributed by atoms with van der Waals surface area (Å²) in [6.45, 7) is 8.56. The van der Waals surface area contributed by atoms with Gasteiger partial charge in [-0.15, -0.1) is 0 Å². The minimum Gasteiger partial charge on any atom is -0.480 e. The Morgan fingerprint density at radius 1 is 1.08 bits per heavy atom. The zero-order chi connectivity index (χ0) is 18.8. The Hall–Kier alpha value is -1.95. The van der Waals surface area contributed by atoms with Gasteiger partial charge in [-0.1, -0.05) is 81.4 Å². The van der Waals surface area contributed by atoms with E-state index in [-0.39, 0.29) is 11.1 Å². The maximum atomic E-state index is 11.1. The molecule has 1 saturated heterocycles. The molecule has 1 N–H and O–H groups in total. The number of aliphatic carboxylic acids is 1. The first-order valence-corrected chi connectivity index (χ1v) is 11.0. The van der Waals surface area contributed by atoms with E-state index < -0.39 is 14.3 Å². The van der Waals surface area contributed by atoms with Crippen LogP contribution < -0.4 is 10.4 Å². The summed E-state index contributed by atoms with van der Waals surface area (Å²) < 4.78 is 6.75. The van der Waals surface area contributed by atoms with Crippen LogP contribution in [0.1, 0.15) is 20.8 Å². The van der Waals surface area contributed by atoms with Crippen LogP contribution >= 0.6 is 0 Å². The molecule has 0 radical (unpaired) electrons. The molecule has 1 aliphatic heterocycles. The van der Waals surface area contributed by atoms with Crippen molar-refractivity contribution < 1.29 is 14.3 Å². The minimum atomic E-state index is -2.51. The van der Waals surface area contributed by atoms with Crippen LogP contribution in [0.15, 0.2) is 60.7 Å². The zero-order valence-corrected chi connectivity index (χ0v) is 16.7. The number of carboxylic acid groups (broad SMARTS) is 1. The molecule has 26 heavy (non-hydrogen) atoms. The van der Waals surface area contributed by atoms with E-state index in [0.29, 0.717) is 19.7 Å². The lowest BCUT2D eigenvalue weighted by atomic mass is 10.2. The zero-order valence-electron chi connectivity index (χ0n) is 15.7. The quantitative estimate of drug-likeness (QED) is 0.601. The SMILES string of the molecule is CC(C)(C)[Si](OCCN1CC1C(=O)O)(c1ccccc1)c1ccccc1. The predicted molar refractivity (Wildman–Crippen MR) is 107 cm³/mol. The third kappa shape index (κ3) is 3.61. The highest BCUT2D eigenvalue weighted by atomic mass is 28.4. The maximum Gasteiger partial charge on any atom is 0.322 e. The number of carbonyl (C=O) groups is 1. The van der Waals surface area contributed by atoms with Crippen molar-refractivity contribution in [3.05, 3.63) is 60.7 Å². The highest BCUT2D eigenvalue weighted by molar-refractivity contribution is 6.99. The fourth-order valence-corrected chi connectivity index (χ4v) is 8.29. The van der Waals surface area contributed by atoms with Crippen LogP contribution in [0.3, 0.4) is 0 Å². The maximum absolute atomic E-state index is 11.1. The van der Waals surface area contributed by atoms with Crippen LogP contribution in [0.4, 0.5) is 0 Å². The lowest BCUT2D eigenvalue weighted by molar-refractivity contribution is -0.137. The Kier molecular flexibility index (Phi) is 5.32. The first-order chi connectivity index (χ1) is 12.4. The Morgan fingerprint density at radius 3 is 1.96 bits per heavy atom. The lowest BCUT2D eigenvalue weighted by Gasteiger charge is -2.43. The van der Waals surface area contributed by atoms with Gasteiger partial charge in [0, 0.05) is 19.7 Å². The topological polar surface area (TPSA) is 49.5 Å². The van der Waals surface area contributed by atoms with Crippen LogP contribution in [0.25, 0.3) is 0 Å². The first-order valence-electron chi connectivity index (χ1n) is 9.08. The molecule has 5 heteroatoms. The molecule has 4 nitrogen and oxygen atoms in total. The van der Waals surface area contributed by atoms with Gasteiger partial charge in [-0.05, 0) is 15.4 Å². The molecule has 1 aliphatic rings. The third-order valence-corrected chi connectivity index (χ3v) is 10.2. The number of hydrogen-bond donors (Lipinski definition) is 1. The molecule has 0 saturated carbocycles. The summed E-state index contributed by atoms with van der Waals surface area (Å²) in [5.74, 6) is -0.740. The molecule has 0 aliphatic carbocycles. The number of benzene rings is 2. The highest BCUT2D eigenvalue weighted by Crippen LogP contribution is 2.36. The van der Waals surface area contributed by atoms with Gasteiger partial charge in [0.25, 0.3) is 8.32 Å². The van der Waals surface area contributed by atoms with Gasteiger partial charge in [0.1, 0.15) is 6.04 Å². The van der Waals surface area contributed by atoms with E-state index >= 15 is 0 Å². The van der Waals surface area contributed by atoms with E-state index in [0.717, 1.165) is 0 Å². The number of rotatable bonds is 7. The molecule has 0 amide bonds. The summed E-state index contributed by atoms with van der Waals surface area (Å²) in [7, 11) is -2.51. The summed E-state index contributed by atoms with van der Waals surface area (Å²) >= 11 is 0. The average molecular weight is 370 g/mol. The van der Waals surface area contributed by atoms with Crippen LogP contribution in [0, 0.1) is 0 Å². The van der Waals surface area contributed by atoms with Crippen molar-refractivity contribution in [2.45, 2.75) is 31.9 Å². The fourth-order valence-electron chi connectivity index (χ4n) is 3.73. The van der Waals surface area contributed by atoms with Crippen LogP contribution in [-0.2, 0) is 9.22 Å². The molecule has 2 aromatic carbocycles. The lowest BCUT2D eigenvalue weighted by Crippen LogP contribution is -2.66.